The van der Waals surface area contributed by atoms with Crippen molar-refractivity contribution in [2.75, 3.05) is 0 Å². The molecule has 0 radical (unpaired) electrons. The van der Waals surface area contributed by atoms with E-state index < -0.39 is 11.8 Å². The van der Waals surface area contributed by atoms with Crippen LogP contribution in [-0.2, 0) is 4.79 Å². The summed E-state index contributed by atoms with van der Waals surface area (Å²) < 4.78 is 19.2. The Morgan fingerprint density at radius 1 is 1.00 bits per heavy atom. The number of nitrogens with zero attached hydrogens (tertiary/aromatic N) is 4. The molecule has 0 aromatic carbocycles. The second kappa shape index (κ2) is 8.33. The van der Waals surface area contributed by atoms with Crippen LogP contribution in [0.2, 0.25) is 0 Å². The molecule has 0 bridgehead atoms. The third-order valence-corrected chi connectivity index (χ3v) is 5.68. The van der Waals surface area contributed by atoms with Crippen molar-refractivity contribution in [3.8, 4) is 28.5 Å². The van der Waals surface area contributed by atoms with Crippen LogP contribution in [0.3, 0.4) is 0 Å². The molecule has 0 saturated heterocycles. The van der Waals surface area contributed by atoms with Gasteiger partial charge in [0, 0.05) is 35.7 Å². The van der Waals surface area contributed by atoms with E-state index in [1.165, 1.54) is 6.07 Å². The summed E-state index contributed by atoms with van der Waals surface area (Å²) in [5, 5.41) is 9.10. The van der Waals surface area contributed by atoms with E-state index in [1.807, 2.05) is 18.2 Å². The van der Waals surface area contributed by atoms with Crippen LogP contribution in [0.5, 0.6) is 5.88 Å². The first-order valence-electron chi connectivity index (χ1n) is 10.4. The van der Waals surface area contributed by atoms with Gasteiger partial charge in [-0.15, -0.1) is 0 Å². The predicted octanol–water partition coefficient (Wildman–Crippen LogP) is 4.24. The van der Waals surface area contributed by atoms with E-state index in [9.17, 15) is 9.18 Å². The van der Waals surface area contributed by atoms with Crippen LogP contribution in [0.25, 0.3) is 33.8 Å². The number of H-pyrrole nitrogens is 1. The Bertz CT molecular complexity index is 1250. The number of hydrogen-bond acceptors (Lipinski definition) is 6. The molecule has 1 aliphatic rings. The number of aliphatic carboxylic acids is 1. The number of nitrogens with one attached hydrogen (secondary N) is 1. The standard InChI is InChI=1S/C23H20FN5O3/c24-16-9-19-22(27-12-16)29-21(28-19)15-3-7-18(25-11-15)14-4-8-20(26-10-14)32-17-5-1-13(2-6-17)23(30)31/h3-4,7-13,17H,1-2,5-6H2,(H,30,31)(H,27,28,29). The van der Waals surface area contributed by atoms with Gasteiger partial charge >= 0.3 is 5.97 Å². The van der Waals surface area contributed by atoms with Crippen LogP contribution in [0.15, 0.2) is 48.9 Å². The van der Waals surface area contributed by atoms with Crippen LogP contribution in [0.4, 0.5) is 4.39 Å². The smallest absolute Gasteiger partial charge is 0.306 e. The largest absolute Gasteiger partial charge is 0.481 e. The topological polar surface area (TPSA) is 114 Å². The van der Waals surface area contributed by atoms with Crippen molar-refractivity contribution in [1.29, 1.82) is 0 Å². The summed E-state index contributed by atoms with van der Waals surface area (Å²) in [5.74, 6) is -0.341. The number of aromatic amines is 1. The molecule has 4 aromatic rings. The van der Waals surface area contributed by atoms with Gasteiger partial charge in [0.25, 0.3) is 0 Å². The fourth-order valence-electron chi connectivity index (χ4n) is 3.91. The number of fused-ring (bicyclic) bond motifs is 1. The lowest BCUT2D eigenvalue weighted by molar-refractivity contribution is -0.143. The van der Waals surface area contributed by atoms with Gasteiger partial charge in [-0.1, -0.05) is 0 Å². The van der Waals surface area contributed by atoms with Crippen LogP contribution >= 0.6 is 0 Å². The fraction of sp³-hybridized carbons (Fsp3) is 0.261. The molecule has 162 valence electrons. The van der Waals surface area contributed by atoms with Gasteiger partial charge in [-0.25, -0.2) is 19.3 Å². The maximum atomic E-state index is 13.3. The Labute approximate surface area is 182 Å². The molecule has 4 heterocycles. The fourth-order valence-corrected chi connectivity index (χ4v) is 3.91. The van der Waals surface area contributed by atoms with Gasteiger partial charge in [-0.2, -0.15) is 0 Å². The van der Waals surface area contributed by atoms with Crippen LogP contribution in [0, 0.1) is 11.7 Å². The summed E-state index contributed by atoms with van der Waals surface area (Å²) >= 11 is 0. The average molecular weight is 433 g/mol. The van der Waals surface area contributed by atoms with Crippen LogP contribution in [-0.4, -0.2) is 42.1 Å². The first-order chi connectivity index (χ1) is 15.5. The van der Waals surface area contributed by atoms with Crippen molar-refractivity contribution in [1.82, 2.24) is 24.9 Å². The Balaban J connectivity index is 1.25. The molecule has 1 fully saturated rings. The van der Waals surface area contributed by atoms with E-state index >= 15 is 0 Å². The highest BCUT2D eigenvalue weighted by atomic mass is 19.1. The Kier molecular flexibility index (Phi) is 5.22. The summed E-state index contributed by atoms with van der Waals surface area (Å²) in [6, 6.07) is 8.76. The lowest BCUT2D eigenvalue weighted by atomic mass is 9.87. The first kappa shape index (κ1) is 20.0. The molecular formula is C23H20FN5O3. The number of aromatic nitrogens is 5. The average Bonchev–Trinajstić information content (AvgIpc) is 3.23. The first-order valence-corrected chi connectivity index (χ1v) is 10.4. The molecular weight excluding hydrogens is 413 g/mol. The molecule has 4 aromatic heterocycles. The Morgan fingerprint density at radius 3 is 2.47 bits per heavy atom. The van der Waals surface area contributed by atoms with Crippen molar-refractivity contribution in [2.24, 2.45) is 5.92 Å². The van der Waals surface area contributed by atoms with Crippen LogP contribution in [0.1, 0.15) is 25.7 Å². The number of rotatable bonds is 5. The van der Waals surface area contributed by atoms with Crippen molar-refractivity contribution in [2.45, 2.75) is 31.8 Å². The van der Waals surface area contributed by atoms with Gasteiger partial charge in [-0.3, -0.25) is 9.78 Å². The van der Waals surface area contributed by atoms with E-state index in [1.54, 1.807) is 18.5 Å². The third kappa shape index (κ3) is 4.14. The van der Waals surface area contributed by atoms with Gasteiger partial charge in [-0.05, 0) is 43.9 Å². The second-order valence-corrected chi connectivity index (χ2v) is 7.85. The highest BCUT2D eigenvalue weighted by Crippen LogP contribution is 2.28. The number of hydrogen-bond donors (Lipinski definition) is 2. The monoisotopic (exact) mass is 433 g/mol. The maximum Gasteiger partial charge on any atom is 0.306 e. The SMILES string of the molecule is O=C(O)C1CCC(Oc2ccc(-c3ccc(-c4nc5cc(F)cnc5[nH]4)cn3)cn2)CC1. The molecule has 9 heteroatoms. The number of pyridine rings is 3. The highest BCUT2D eigenvalue weighted by molar-refractivity contribution is 5.76. The van der Waals surface area contributed by atoms with E-state index in [0.29, 0.717) is 48.6 Å². The van der Waals surface area contributed by atoms with E-state index in [4.69, 9.17) is 9.84 Å². The van der Waals surface area contributed by atoms with Gasteiger partial charge < -0.3 is 14.8 Å². The molecule has 2 N–H and O–H groups in total. The van der Waals surface area contributed by atoms with Gasteiger partial charge in [0.2, 0.25) is 5.88 Å². The zero-order chi connectivity index (χ0) is 22.1. The molecule has 1 aliphatic carbocycles. The maximum absolute atomic E-state index is 13.3. The zero-order valence-electron chi connectivity index (χ0n) is 17.0. The summed E-state index contributed by atoms with van der Waals surface area (Å²) in [4.78, 5) is 31.4. The second-order valence-electron chi connectivity index (χ2n) is 7.85. The number of halogens is 1. The number of ether oxygens (including phenoxy) is 1. The lowest BCUT2D eigenvalue weighted by Gasteiger charge is -2.26. The van der Waals surface area contributed by atoms with Crippen molar-refractivity contribution in [3.05, 3.63) is 54.7 Å². The molecule has 1 saturated carbocycles. The molecule has 0 atom stereocenters. The summed E-state index contributed by atoms with van der Waals surface area (Å²) in [7, 11) is 0. The van der Waals surface area contributed by atoms with E-state index in [-0.39, 0.29) is 12.0 Å². The third-order valence-electron chi connectivity index (χ3n) is 5.68. The predicted molar refractivity (Wildman–Crippen MR) is 114 cm³/mol. The quantitative estimate of drug-likeness (QED) is 0.484. The number of carbonyl (C=O) groups is 1. The Hall–Kier alpha value is -3.88. The molecule has 0 amide bonds. The molecule has 0 aliphatic heterocycles. The van der Waals surface area contributed by atoms with Crippen molar-refractivity contribution >= 4 is 17.1 Å². The van der Waals surface area contributed by atoms with Gasteiger partial charge in [0.15, 0.2) is 5.65 Å². The number of carboxylic acids is 1. The number of imidazole rings is 1. The minimum atomic E-state index is -0.727. The van der Waals surface area contributed by atoms with Crippen molar-refractivity contribution < 1.29 is 19.0 Å². The van der Waals surface area contributed by atoms with E-state index in [2.05, 4.69) is 24.9 Å². The minimum absolute atomic E-state index is 0.00636. The molecule has 5 rings (SSSR count). The van der Waals surface area contributed by atoms with Gasteiger partial charge in [0.1, 0.15) is 23.3 Å². The van der Waals surface area contributed by atoms with Gasteiger partial charge in [0.05, 0.1) is 17.8 Å². The zero-order valence-corrected chi connectivity index (χ0v) is 17.0. The summed E-state index contributed by atoms with van der Waals surface area (Å²) in [5.41, 5.74) is 3.32. The minimum Gasteiger partial charge on any atom is -0.481 e. The summed E-state index contributed by atoms with van der Waals surface area (Å²) in [6.07, 6.45) is 7.22. The molecule has 8 nitrogen and oxygen atoms in total. The lowest BCUT2D eigenvalue weighted by Crippen LogP contribution is -2.28. The highest BCUT2D eigenvalue weighted by Gasteiger charge is 2.27. The normalized spacial score (nSPS) is 18.5. The molecule has 0 unspecified atom stereocenters. The van der Waals surface area contributed by atoms with Crippen molar-refractivity contribution in [3.63, 3.8) is 0 Å². The number of carboxylic acid groups (broad SMARTS) is 1. The van der Waals surface area contributed by atoms with Crippen LogP contribution < -0.4 is 4.74 Å². The Morgan fingerprint density at radius 2 is 1.78 bits per heavy atom. The molecule has 32 heavy (non-hydrogen) atoms. The summed E-state index contributed by atoms with van der Waals surface area (Å²) in [6.45, 7) is 0. The van der Waals surface area contributed by atoms with E-state index in [0.717, 1.165) is 23.0 Å². The molecule has 0 spiro atoms.